The average molecular weight is 298 g/mol. The van der Waals surface area contributed by atoms with Crippen molar-refractivity contribution in [3.05, 3.63) is 52.9 Å². The Hall–Kier alpha value is -2.10. The largest absolute Gasteiger partial charge is 0.361 e. The molecule has 0 spiro atoms. The molecule has 1 aromatic heterocycles. The standard InChI is InChI=1S/C18H22N2O2/c1-13-16(14(2)22-19-13)10-11-18(21)20-12-6-9-17(20)15-7-4-3-5-8-15/h3-5,7-8,17H,6,9-12H2,1-2H3. The molecule has 1 saturated heterocycles. The van der Waals surface area contributed by atoms with Crippen LogP contribution in [-0.2, 0) is 11.2 Å². The van der Waals surface area contributed by atoms with E-state index in [1.807, 2.05) is 36.9 Å². The lowest BCUT2D eigenvalue weighted by atomic mass is 10.0. The highest BCUT2D eigenvalue weighted by Crippen LogP contribution is 2.32. The van der Waals surface area contributed by atoms with Gasteiger partial charge in [0.2, 0.25) is 5.91 Å². The highest BCUT2D eigenvalue weighted by molar-refractivity contribution is 5.77. The predicted octanol–water partition coefficient (Wildman–Crippen LogP) is 3.59. The van der Waals surface area contributed by atoms with Crippen LogP contribution in [0.2, 0.25) is 0 Å². The molecule has 1 aromatic carbocycles. The van der Waals surface area contributed by atoms with Gasteiger partial charge < -0.3 is 9.42 Å². The van der Waals surface area contributed by atoms with Crippen molar-refractivity contribution in [3.63, 3.8) is 0 Å². The highest BCUT2D eigenvalue weighted by atomic mass is 16.5. The summed E-state index contributed by atoms with van der Waals surface area (Å²) < 4.78 is 5.17. The number of amides is 1. The van der Waals surface area contributed by atoms with Crippen LogP contribution in [0.4, 0.5) is 0 Å². The Morgan fingerprint density at radius 1 is 1.32 bits per heavy atom. The normalized spacial score (nSPS) is 17.9. The maximum atomic E-state index is 12.6. The van der Waals surface area contributed by atoms with Crippen LogP contribution in [0, 0.1) is 13.8 Å². The number of nitrogens with zero attached hydrogens (tertiary/aromatic N) is 2. The molecule has 3 rings (SSSR count). The summed E-state index contributed by atoms with van der Waals surface area (Å²) in [6, 6.07) is 10.6. The molecule has 2 aromatic rings. The molecule has 4 nitrogen and oxygen atoms in total. The quantitative estimate of drug-likeness (QED) is 0.866. The molecule has 0 bridgehead atoms. The fourth-order valence-corrected chi connectivity index (χ4v) is 3.32. The van der Waals surface area contributed by atoms with Gasteiger partial charge >= 0.3 is 0 Å². The Morgan fingerprint density at radius 3 is 2.77 bits per heavy atom. The van der Waals surface area contributed by atoms with Crippen LogP contribution >= 0.6 is 0 Å². The zero-order chi connectivity index (χ0) is 15.5. The van der Waals surface area contributed by atoms with E-state index in [0.717, 1.165) is 36.4 Å². The van der Waals surface area contributed by atoms with Gasteiger partial charge in [0, 0.05) is 18.5 Å². The monoisotopic (exact) mass is 298 g/mol. The predicted molar refractivity (Wildman–Crippen MR) is 84.4 cm³/mol. The Labute approximate surface area is 131 Å². The van der Waals surface area contributed by atoms with Crippen molar-refractivity contribution >= 4 is 5.91 Å². The van der Waals surface area contributed by atoms with Gasteiger partial charge in [0.05, 0.1) is 11.7 Å². The molecule has 0 saturated carbocycles. The van der Waals surface area contributed by atoms with Gasteiger partial charge in [-0.15, -0.1) is 0 Å². The van der Waals surface area contributed by atoms with Crippen molar-refractivity contribution in [2.45, 2.75) is 45.6 Å². The summed E-state index contributed by atoms with van der Waals surface area (Å²) in [6.45, 7) is 4.70. The summed E-state index contributed by atoms with van der Waals surface area (Å²) in [5.74, 6) is 1.05. The molecule has 1 atom stereocenters. The number of hydrogen-bond donors (Lipinski definition) is 0. The van der Waals surface area contributed by atoms with Gasteiger partial charge in [0.1, 0.15) is 5.76 Å². The van der Waals surface area contributed by atoms with Crippen molar-refractivity contribution in [1.29, 1.82) is 0 Å². The summed E-state index contributed by atoms with van der Waals surface area (Å²) >= 11 is 0. The van der Waals surface area contributed by atoms with Crippen LogP contribution in [0.15, 0.2) is 34.9 Å². The van der Waals surface area contributed by atoms with E-state index >= 15 is 0 Å². The van der Waals surface area contributed by atoms with Crippen molar-refractivity contribution in [2.24, 2.45) is 0 Å². The Kier molecular flexibility index (Phi) is 4.27. The first-order valence-corrected chi connectivity index (χ1v) is 7.93. The van der Waals surface area contributed by atoms with Crippen LogP contribution in [0.3, 0.4) is 0 Å². The Morgan fingerprint density at radius 2 is 2.09 bits per heavy atom. The van der Waals surface area contributed by atoms with E-state index in [2.05, 4.69) is 17.3 Å². The summed E-state index contributed by atoms with van der Waals surface area (Å²) in [4.78, 5) is 14.7. The van der Waals surface area contributed by atoms with Gasteiger partial charge in [-0.1, -0.05) is 35.5 Å². The number of carbonyl (C=O) groups is 1. The Balaban J connectivity index is 1.67. The third-order valence-corrected chi connectivity index (χ3v) is 4.53. The number of benzene rings is 1. The van der Waals surface area contributed by atoms with E-state index < -0.39 is 0 Å². The van der Waals surface area contributed by atoms with Crippen LogP contribution in [0.1, 0.15) is 47.9 Å². The maximum absolute atomic E-state index is 12.6. The van der Waals surface area contributed by atoms with Gasteiger partial charge in [-0.25, -0.2) is 0 Å². The topological polar surface area (TPSA) is 46.3 Å². The van der Waals surface area contributed by atoms with E-state index in [0.29, 0.717) is 12.8 Å². The lowest BCUT2D eigenvalue weighted by molar-refractivity contribution is -0.132. The Bertz CT molecular complexity index is 629. The number of carbonyl (C=O) groups excluding carboxylic acids is 1. The van der Waals surface area contributed by atoms with Gasteiger partial charge in [0.15, 0.2) is 0 Å². The minimum absolute atomic E-state index is 0.228. The minimum atomic E-state index is 0.228. The summed E-state index contributed by atoms with van der Waals surface area (Å²) in [6.07, 6.45) is 3.36. The average Bonchev–Trinajstić information content (AvgIpc) is 3.14. The fraction of sp³-hybridized carbons (Fsp3) is 0.444. The molecule has 1 aliphatic heterocycles. The van der Waals surface area contributed by atoms with E-state index in [1.165, 1.54) is 5.56 Å². The van der Waals surface area contributed by atoms with E-state index in [9.17, 15) is 4.79 Å². The first-order valence-electron chi connectivity index (χ1n) is 7.93. The number of likely N-dealkylation sites (tertiary alicyclic amines) is 1. The minimum Gasteiger partial charge on any atom is -0.361 e. The molecule has 4 heteroatoms. The van der Waals surface area contributed by atoms with Crippen LogP contribution < -0.4 is 0 Å². The second-order valence-corrected chi connectivity index (χ2v) is 5.96. The van der Waals surface area contributed by atoms with Gasteiger partial charge in [-0.2, -0.15) is 0 Å². The van der Waals surface area contributed by atoms with Crippen LogP contribution in [0.25, 0.3) is 0 Å². The second kappa shape index (κ2) is 6.34. The smallest absolute Gasteiger partial charge is 0.223 e. The molecule has 1 amide bonds. The SMILES string of the molecule is Cc1noc(C)c1CCC(=O)N1CCCC1c1ccccc1. The molecule has 1 aliphatic rings. The fourth-order valence-electron chi connectivity index (χ4n) is 3.32. The second-order valence-electron chi connectivity index (χ2n) is 5.96. The maximum Gasteiger partial charge on any atom is 0.223 e. The molecule has 0 N–H and O–H groups in total. The molecule has 1 fully saturated rings. The van der Waals surface area contributed by atoms with Gasteiger partial charge in [0.25, 0.3) is 0 Å². The van der Waals surface area contributed by atoms with Crippen LogP contribution in [-0.4, -0.2) is 22.5 Å². The van der Waals surface area contributed by atoms with Crippen LogP contribution in [0.5, 0.6) is 0 Å². The molecule has 0 aliphatic carbocycles. The number of rotatable bonds is 4. The highest BCUT2D eigenvalue weighted by Gasteiger charge is 2.29. The first kappa shape index (κ1) is 14.8. The number of hydrogen-bond acceptors (Lipinski definition) is 3. The molecule has 1 unspecified atom stereocenters. The summed E-state index contributed by atoms with van der Waals surface area (Å²) in [5.41, 5.74) is 3.21. The number of aromatic nitrogens is 1. The van der Waals surface area contributed by atoms with Gasteiger partial charge in [-0.3, -0.25) is 4.79 Å². The zero-order valence-corrected chi connectivity index (χ0v) is 13.2. The van der Waals surface area contributed by atoms with Crippen molar-refractivity contribution in [3.8, 4) is 0 Å². The van der Waals surface area contributed by atoms with Gasteiger partial charge in [-0.05, 0) is 38.7 Å². The van der Waals surface area contributed by atoms with E-state index in [1.54, 1.807) is 0 Å². The molecule has 2 heterocycles. The summed E-state index contributed by atoms with van der Waals surface area (Å²) in [7, 11) is 0. The first-order chi connectivity index (χ1) is 10.7. The molecule has 0 radical (unpaired) electrons. The van der Waals surface area contributed by atoms with E-state index in [4.69, 9.17) is 4.52 Å². The third kappa shape index (κ3) is 2.91. The van der Waals surface area contributed by atoms with Crippen molar-refractivity contribution in [1.82, 2.24) is 10.1 Å². The molecular weight excluding hydrogens is 276 g/mol. The molecule has 22 heavy (non-hydrogen) atoms. The lowest BCUT2D eigenvalue weighted by Crippen LogP contribution is -2.30. The lowest BCUT2D eigenvalue weighted by Gasteiger charge is -2.25. The summed E-state index contributed by atoms with van der Waals surface area (Å²) in [5, 5.41) is 3.95. The third-order valence-electron chi connectivity index (χ3n) is 4.53. The zero-order valence-electron chi connectivity index (χ0n) is 13.2. The van der Waals surface area contributed by atoms with Crippen molar-refractivity contribution < 1.29 is 9.32 Å². The molecule has 116 valence electrons. The van der Waals surface area contributed by atoms with E-state index in [-0.39, 0.29) is 11.9 Å². The molecular formula is C18H22N2O2. The van der Waals surface area contributed by atoms with Crippen molar-refractivity contribution in [2.75, 3.05) is 6.54 Å². The number of aryl methyl sites for hydroxylation is 2.